The highest BCUT2D eigenvalue weighted by atomic mass is 16.4. The van der Waals surface area contributed by atoms with Crippen molar-refractivity contribution in [2.75, 3.05) is 10.6 Å². The van der Waals surface area contributed by atoms with E-state index in [4.69, 9.17) is 0 Å². The van der Waals surface area contributed by atoms with E-state index in [1.807, 2.05) is 25.1 Å². The number of carboxylic acids is 1. The number of aromatic carboxylic acids is 1. The summed E-state index contributed by atoms with van der Waals surface area (Å²) in [5.41, 5.74) is 2.48. The molecule has 1 atom stereocenters. The number of hydrogen-bond donors (Lipinski definition) is 3. The van der Waals surface area contributed by atoms with Crippen LogP contribution in [-0.4, -0.2) is 21.7 Å². The molecule has 3 N–H and O–H groups in total. The zero-order valence-corrected chi connectivity index (χ0v) is 11.1. The molecule has 1 aliphatic rings. The SMILES string of the molecule is CC1(Cc2ccncc2)Nc2cccc(C(=O)O)c2N1. The first-order chi connectivity index (χ1) is 9.57. The van der Waals surface area contributed by atoms with Gasteiger partial charge in [-0.05, 0) is 36.8 Å². The summed E-state index contributed by atoms with van der Waals surface area (Å²) in [6, 6.07) is 9.14. The number of aromatic nitrogens is 1. The van der Waals surface area contributed by atoms with Gasteiger partial charge in [-0.25, -0.2) is 4.79 Å². The molecule has 0 aliphatic carbocycles. The number of nitrogens with zero attached hydrogens (tertiary/aromatic N) is 1. The molecule has 5 nitrogen and oxygen atoms in total. The van der Waals surface area contributed by atoms with Gasteiger partial charge >= 0.3 is 5.97 Å². The highest BCUT2D eigenvalue weighted by Crippen LogP contribution is 2.37. The van der Waals surface area contributed by atoms with Crippen LogP contribution in [0, 0.1) is 0 Å². The van der Waals surface area contributed by atoms with E-state index in [0.717, 1.165) is 17.7 Å². The van der Waals surface area contributed by atoms with Crippen LogP contribution < -0.4 is 10.6 Å². The highest BCUT2D eigenvalue weighted by Gasteiger charge is 2.33. The first kappa shape index (κ1) is 12.5. The zero-order valence-electron chi connectivity index (χ0n) is 11.1. The molecule has 1 aromatic heterocycles. The van der Waals surface area contributed by atoms with Crippen LogP contribution >= 0.6 is 0 Å². The van der Waals surface area contributed by atoms with Crippen LogP contribution in [0.5, 0.6) is 0 Å². The van der Waals surface area contributed by atoms with E-state index < -0.39 is 11.6 Å². The molecule has 1 unspecified atom stereocenters. The van der Waals surface area contributed by atoms with Gasteiger partial charge in [-0.2, -0.15) is 0 Å². The molecule has 3 rings (SSSR count). The van der Waals surface area contributed by atoms with E-state index in [9.17, 15) is 9.90 Å². The molecule has 0 saturated carbocycles. The zero-order chi connectivity index (χ0) is 14.2. The number of rotatable bonds is 3. The van der Waals surface area contributed by atoms with Crippen LogP contribution in [0.4, 0.5) is 11.4 Å². The van der Waals surface area contributed by atoms with Crippen LogP contribution in [0.2, 0.25) is 0 Å². The van der Waals surface area contributed by atoms with Crippen molar-refractivity contribution in [3.63, 3.8) is 0 Å². The third-order valence-electron chi connectivity index (χ3n) is 3.41. The molecule has 1 aromatic carbocycles. The van der Waals surface area contributed by atoms with Crippen molar-refractivity contribution in [1.29, 1.82) is 0 Å². The average molecular weight is 269 g/mol. The van der Waals surface area contributed by atoms with Crippen LogP contribution in [-0.2, 0) is 6.42 Å². The summed E-state index contributed by atoms with van der Waals surface area (Å²) in [6.45, 7) is 2.01. The molecule has 20 heavy (non-hydrogen) atoms. The van der Waals surface area contributed by atoms with Crippen molar-refractivity contribution in [2.45, 2.75) is 19.0 Å². The Morgan fingerprint density at radius 1 is 1.25 bits per heavy atom. The molecule has 102 valence electrons. The van der Waals surface area contributed by atoms with E-state index >= 15 is 0 Å². The maximum absolute atomic E-state index is 11.3. The second kappa shape index (κ2) is 4.52. The van der Waals surface area contributed by atoms with Gasteiger partial charge in [0.25, 0.3) is 0 Å². The van der Waals surface area contributed by atoms with Crippen molar-refractivity contribution in [1.82, 2.24) is 4.98 Å². The fourth-order valence-electron chi connectivity index (χ4n) is 2.57. The molecule has 0 bridgehead atoms. The number of fused-ring (bicyclic) bond motifs is 1. The van der Waals surface area contributed by atoms with E-state index in [-0.39, 0.29) is 5.56 Å². The van der Waals surface area contributed by atoms with Gasteiger partial charge in [0, 0.05) is 18.8 Å². The molecule has 2 heterocycles. The lowest BCUT2D eigenvalue weighted by molar-refractivity contribution is 0.0698. The molecule has 0 spiro atoms. The molecular formula is C15H15N3O2. The molecule has 0 fully saturated rings. The maximum Gasteiger partial charge on any atom is 0.337 e. The summed E-state index contributed by atoms with van der Waals surface area (Å²) in [6.07, 6.45) is 4.23. The second-order valence-corrected chi connectivity index (χ2v) is 5.15. The van der Waals surface area contributed by atoms with Gasteiger partial charge < -0.3 is 15.7 Å². The molecular weight excluding hydrogens is 254 g/mol. The van der Waals surface area contributed by atoms with Crippen LogP contribution in [0.3, 0.4) is 0 Å². The standard InChI is InChI=1S/C15H15N3O2/c1-15(9-10-5-7-16-8-6-10)17-12-4-2-3-11(14(19)20)13(12)18-15/h2-8,17-18H,9H2,1H3,(H,19,20). The van der Waals surface area contributed by atoms with E-state index in [1.54, 1.807) is 24.5 Å². The first-order valence-corrected chi connectivity index (χ1v) is 6.39. The first-order valence-electron chi connectivity index (χ1n) is 6.39. The Kier molecular flexibility index (Phi) is 2.82. The number of hydrogen-bond acceptors (Lipinski definition) is 4. The summed E-state index contributed by atoms with van der Waals surface area (Å²) >= 11 is 0. The number of pyridine rings is 1. The lowest BCUT2D eigenvalue weighted by Gasteiger charge is -2.26. The van der Waals surface area contributed by atoms with Crippen molar-refractivity contribution in [2.24, 2.45) is 0 Å². The third-order valence-corrected chi connectivity index (χ3v) is 3.41. The monoisotopic (exact) mass is 269 g/mol. The van der Waals surface area contributed by atoms with E-state index in [0.29, 0.717) is 5.69 Å². The Bertz CT molecular complexity index is 657. The number of nitrogens with one attached hydrogen (secondary N) is 2. The van der Waals surface area contributed by atoms with Crippen LogP contribution in [0.1, 0.15) is 22.8 Å². The lowest BCUT2D eigenvalue weighted by atomic mass is 10.0. The molecule has 1 aliphatic heterocycles. The van der Waals surface area contributed by atoms with Gasteiger partial charge in [0.2, 0.25) is 0 Å². The Labute approximate surface area is 116 Å². The fraction of sp³-hybridized carbons (Fsp3) is 0.200. The second-order valence-electron chi connectivity index (χ2n) is 5.15. The minimum absolute atomic E-state index is 0.286. The number of anilines is 2. The van der Waals surface area contributed by atoms with E-state index in [2.05, 4.69) is 15.6 Å². The predicted molar refractivity (Wildman–Crippen MR) is 77.0 cm³/mol. The maximum atomic E-state index is 11.3. The molecule has 0 amide bonds. The Morgan fingerprint density at radius 3 is 2.70 bits per heavy atom. The van der Waals surface area contributed by atoms with Crippen LogP contribution in [0.15, 0.2) is 42.7 Å². The third kappa shape index (κ3) is 2.18. The minimum Gasteiger partial charge on any atom is -0.478 e. The van der Waals surface area contributed by atoms with Gasteiger partial charge in [-0.3, -0.25) is 4.98 Å². The van der Waals surface area contributed by atoms with Gasteiger partial charge in [0.15, 0.2) is 0 Å². The lowest BCUT2D eigenvalue weighted by Crippen LogP contribution is -2.40. The van der Waals surface area contributed by atoms with Gasteiger partial charge in [0.05, 0.1) is 16.9 Å². The minimum atomic E-state index is -0.927. The summed E-state index contributed by atoms with van der Waals surface area (Å²) in [5, 5.41) is 15.9. The van der Waals surface area contributed by atoms with E-state index in [1.165, 1.54) is 0 Å². The highest BCUT2D eigenvalue weighted by molar-refractivity contribution is 5.99. The Hall–Kier alpha value is -2.56. The molecule has 5 heteroatoms. The Morgan fingerprint density at radius 2 is 2.00 bits per heavy atom. The number of carbonyl (C=O) groups is 1. The summed E-state index contributed by atoms with van der Waals surface area (Å²) in [7, 11) is 0. The number of benzene rings is 1. The summed E-state index contributed by atoms with van der Waals surface area (Å²) in [5.74, 6) is -0.927. The largest absolute Gasteiger partial charge is 0.478 e. The van der Waals surface area contributed by atoms with Crippen LogP contribution in [0.25, 0.3) is 0 Å². The fourth-order valence-corrected chi connectivity index (χ4v) is 2.57. The molecule has 2 aromatic rings. The quantitative estimate of drug-likeness (QED) is 0.798. The average Bonchev–Trinajstić information content (AvgIpc) is 2.74. The normalized spacial score (nSPS) is 19.9. The predicted octanol–water partition coefficient (Wildman–Crippen LogP) is 2.58. The van der Waals surface area contributed by atoms with Crippen molar-refractivity contribution in [3.05, 3.63) is 53.9 Å². The summed E-state index contributed by atoms with van der Waals surface area (Å²) in [4.78, 5) is 15.3. The van der Waals surface area contributed by atoms with Crippen molar-refractivity contribution in [3.8, 4) is 0 Å². The number of para-hydroxylation sites is 1. The summed E-state index contributed by atoms with van der Waals surface area (Å²) < 4.78 is 0. The number of carboxylic acid groups (broad SMARTS) is 1. The van der Waals surface area contributed by atoms with Gasteiger partial charge in [0.1, 0.15) is 5.66 Å². The smallest absolute Gasteiger partial charge is 0.337 e. The Balaban J connectivity index is 1.89. The van der Waals surface area contributed by atoms with Gasteiger partial charge in [-0.1, -0.05) is 6.07 Å². The van der Waals surface area contributed by atoms with Crippen molar-refractivity contribution >= 4 is 17.3 Å². The topological polar surface area (TPSA) is 74.2 Å². The van der Waals surface area contributed by atoms with Crippen molar-refractivity contribution < 1.29 is 9.90 Å². The molecule has 0 radical (unpaired) electrons. The molecule has 0 saturated heterocycles. The van der Waals surface area contributed by atoms with Gasteiger partial charge in [-0.15, -0.1) is 0 Å².